The first kappa shape index (κ1) is 20.2. The summed E-state index contributed by atoms with van der Waals surface area (Å²) in [5.41, 5.74) is 2.30. The number of amides is 1. The summed E-state index contributed by atoms with van der Waals surface area (Å²) in [5, 5.41) is 7.01. The molecule has 0 aliphatic heterocycles. The Morgan fingerprint density at radius 1 is 1.18 bits per heavy atom. The molecule has 7 nitrogen and oxygen atoms in total. The van der Waals surface area contributed by atoms with Gasteiger partial charge in [-0.15, -0.1) is 0 Å². The Balaban J connectivity index is 1.62. The smallest absolute Gasteiger partial charge is 0.252 e. The van der Waals surface area contributed by atoms with Crippen LogP contribution in [0.4, 0.5) is 0 Å². The van der Waals surface area contributed by atoms with Crippen LogP contribution in [0.15, 0.2) is 70.3 Å². The zero-order valence-electron chi connectivity index (χ0n) is 15.1. The number of aromatic nitrogens is 2. The minimum Gasteiger partial charge on any atom is -0.352 e. The average molecular weight is 463 g/mol. The Bertz CT molecular complexity index is 1070. The van der Waals surface area contributed by atoms with E-state index in [1.165, 1.54) is 19.2 Å². The molecule has 28 heavy (non-hydrogen) atoms. The lowest BCUT2D eigenvalue weighted by molar-refractivity contribution is 0.0953. The van der Waals surface area contributed by atoms with Gasteiger partial charge in [-0.2, -0.15) is 5.10 Å². The highest BCUT2D eigenvalue weighted by atomic mass is 79.9. The Morgan fingerprint density at radius 2 is 1.93 bits per heavy atom. The summed E-state index contributed by atoms with van der Waals surface area (Å²) in [4.78, 5) is 12.5. The maximum atomic E-state index is 12.5. The van der Waals surface area contributed by atoms with Crippen LogP contribution in [-0.2, 0) is 16.4 Å². The topological polar surface area (TPSA) is 93.1 Å². The lowest BCUT2D eigenvalue weighted by atomic mass is 10.1. The number of hydrogen-bond acceptors (Lipinski definition) is 4. The maximum Gasteiger partial charge on any atom is 0.252 e. The van der Waals surface area contributed by atoms with Crippen LogP contribution in [0, 0.1) is 0 Å². The van der Waals surface area contributed by atoms with Gasteiger partial charge in [0.15, 0.2) is 0 Å². The van der Waals surface area contributed by atoms with Gasteiger partial charge in [0.05, 0.1) is 16.1 Å². The molecular formula is C19H19BrN4O3S. The van der Waals surface area contributed by atoms with E-state index in [4.69, 9.17) is 0 Å². The van der Waals surface area contributed by atoms with Crippen molar-refractivity contribution in [2.24, 2.45) is 0 Å². The Morgan fingerprint density at radius 3 is 2.57 bits per heavy atom. The summed E-state index contributed by atoms with van der Waals surface area (Å²) in [6.07, 6.45) is 4.24. The van der Waals surface area contributed by atoms with E-state index in [0.29, 0.717) is 17.4 Å². The zero-order chi connectivity index (χ0) is 20.1. The number of carbonyl (C=O) groups excluding carboxylic acids is 1. The highest BCUT2D eigenvalue weighted by Gasteiger charge is 2.17. The molecule has 0 bridgehead atoms. The van der Waals surface area contributed by atoms with E-state index in [-0.39, 0.29) is 16.4 Å². The molecule has 1 amide bonds. The van der Waals surface area contributed by atoms with Crippen LogP contribution in [0.2, 0.25) is 0 Å². The summed E-state index contributed by atoms with van der Waals surface area (Å²) >= 11 is 3.30. The van der Waals surface area contributed by atoms with E-state index >= 15 is 0 Å². The van der Waals surface area contributed by atoms with Gasteiger partial charge in [-0.25, -0.2) is 17.8 Å². The molecule has 0 atom stereocenters. The molecule has 3 aromatic rings. The summed E-state index contributed by atoms with van der Waals surface area (Å²) in [6, 6.07) is 14.1. The van der Waals surface area contributed by atoms with Crippen molar-refractivity contribution in [1.29, 1.82) is 0 Å². The van der Waals surface area contributed by atoms with Crippen molar-refractivity contribution >= 4 is 31.9 Å². The first-order chi connectivity index (χ1) is 13.4. The standard InChI is InChI=1S/C19H19BrN4O3S/c1-21-28(26,27)16-7-8-18(20)17(13-16)19(25)22-11-9-14-3-5-15(6-4-14)24-12-2-10-23-24/h2-8,10,12-13,21H,9,11H2,1H3,(H,22,25). The number of carbonyl (C=O) groups is 1. The van der Waals surface area contributed by atoms with Crippen LogP contribution in [-0.4, -0.2) is 37.7 Å². The van der Waals surface area contributed by atoms with Crippen LogP contribution in [0.3, 0.4) is 0 Å². The molecule has 9 heteroatoms. The molecule has 0 unspecified atom stereocenters. The third kappa shape index (κ3) is 4.67. The quantitative estimate of drug-likeness (QED) is 0.563. The van der Waals surface area contributed by atoms with E-state index in [1.807, 2.05) is 36.5 Å². The van der Waals surface area contributed by atoms with Crippen molar-refractivity contribution < 1.29 is 13.2 Å². The molecule has 0 fully saturated rings. The highest BCUT2D eigenvalue weighted by molar-refractivity contribution is 9.10. The van der Waals surface area contributed by atoms with E-state index in [2.05, 4.69) is 31.1 Å². The minimum atomic E-state index is -3.62. The van der Waals surface area contributed by atoms with E-state index in [0.717, 1.165) is 11.3 Å². The maximum absolute atomic E-state index is 12.5. The SMILES string of the molecule is CNS(=O)(=O)c1ccc(Br)c(C(=O)NCCc2ccc(-n3cccn3)cc2)c1. The fraction of sp³-hybridized carbons (Fsp3) is 0.158. The number of hydrogen-bond donors (Lipinski definition) is 2. The molecule has 1 aromatic heterocycles. The number of rotatable bonds is 7. The van der Waals surface area contributed by atoms with Gasteiger partial charge < -0.3 is 5.32 Å². The lowest BCUT2D eigenvalue weighted by Crippen LogP contribution is -2.26. The summed E-state index contributed by atoms with van der Waals surface area (Å²) in [7, 11) is -2.29. The van der Waals surface area contributed by atoms with Crippen molar-refractivity contribution in [2.75, 3.05) is 13.6 Å². The molecule has 0 saturated carbocycles. The van der Waals surface area contributed by atoms with Crippen LogP contribution in [0.1, 0.15) is 15.9 Å². The number of halogens is 1. The van der Waals surface area contributed by atoms with Gasteiger partial charge in [0.2, 0.25) is 10.0 Å². The molecule has 3 rings (SSSR count). The van der Waals surface area contributed by atoms with Crippen LogP contribution >= 0.6 is 15.9 Å². The second-order valence-electron chi connectivity index (χ2n) is 5.97. The van der Waals surface area contributed by atoms with Crippen LogP contribution in [0.5, 0.6) is 0 Å². The fourth-order valence-electron chi connectivity index (χ4n) is 2.62. The first-order valence-electron chi connectivity index (χ1n) is 8.51. The third-order valence-corrected chi connectivity index (χ3v) is 6.27. The largest absolute Gasteiger partial charge is 0.352 e. The fourth-order valence-corrected chi connectivity index (χ4v) is 3.80. The second kappa shape index (κ2) is 8.68. The number of sulfonamides is 1. The van der Waals surface area contributed by atoms with Gasteiger partial charge in [-0.05, 0) is 71.4 Å². The van der Waals surface area contributed by atoms with Gasteiger partial charge in [0, 0.05) is 23.4 Å². The molecule has 0 aliphatic rings. The van der Waals surface area contributed by atoms with Gasteiger partial charge in [0.25, 0.3) is 5.91 Å². The third-order valence-electron chi connectivity index (χ3n) is 4.17. The molecule has 146 valence electrons. The first-order valence-corrected chi connectivity index (χ1v) is 10.8. The molecular weight excluding hydrogens is 444 g/mol. The normalized spacial score (nSPS) is 11.4. The van der Waals surface area contributed by atoms with Crippen molar-refractivity contribution in [3.63, 3.8) is 0 Å². The second-order valence-corrected chi connectivity index (χ2v) is 8.71. The van der Waals surface area contributed by atoms with E-state index < -0.39 is 10.0 Å². The van der Waals surface area contributed by atoms with Gasteiger partial charge >= 0.3 is 0 Å². The Labute approximate surface area is 172 Å². The summed E-state index contributed by atoms with van der Waals surface area (Å²) in [5.74, 6) is -0.340. The van der Waals surface area contributed by atoms with Crippen LogP contribution < -0.4 is 10.0 Å². The van der Waals surface area contributed by atoms with Gasteiger partial charge in [-0.1, -0.05) is 12.1 Å². The molecule has 0 aliphatic carbocycles. The van der Waals surface area contributed by atoms with Crippen LogP contribution in [0.25, 0.3) is 5.69 Å². The number of nitrogens with zero attached hydrogens (tertiary/aromatic N) is 2. The lowest BCUT2D eigenvalue weighted by Gasteiger charge is -2.10. The highest BCUT2D eigenvalue weighted by Crippen LogP contribution is 2.21. The Hall–Kier alpha value is -2.49. The van der Waals surface area contributed by atoms with Crippen molar-refractivity contribution in [3.05, 3.63) is 76.5 Å². The van der Waals surface area contributed by atoms with Crippen molar-refractivity contribution in [1.82, 2.24) is 19.8 Å². The summed E-state index contributed by atoms with van der Waals surface area (Å²) < 4.78 is 28.4. The van der Waals surface area contributed by atoms with Gasteiger partial charge in [-0.3, -0.25) is 4.79 Å². The van der Waals surface area contributed by atoms with E-state index in [1.54, 1.807) is 16.9 Å². The molecule has 0 saturated heterocycles. The Kier molecular flexibility index (Phi) is 6.28. The zero-order valence-corrected chi connectivity index (χ0v) is 17.5. The number of benzene rings is 2. The predicted molar refractivity (Wildman–Crippen MR) is 110 cm³/mol. The minimum absolute atomic E-state index is 0.0394. The predicted octanol–water partition coefficient (Wildman–Crippen LogP) is 2.52. The molecule has 0 radical (unpaired) electrons. The van der Waals surface area contributed by atoms with Gasteiger partial charge in [0.1, 0.15) is 0 Å². The van der Waals surface area contributed by atoms with E-state index in [9.17, 15) is 13.2 Å². The molecule has 2 N–H and O–H groups in total. The van der Waals surface area contributed by atoms with Crippen molar-refractivity contribution in [2.45, 2.75) is 11.3 Å². The summed E-state index contributed by atoms with van der Waals surface area (Å²) in [6.45, 7) is 0.426. The van der Waals surface area contributed by atoms with Crippen molar-refractivity contribution in [3.8, 4) is 5.69 Å². The molecule has 2 aromatic carbocycles. The molecule has 0 spiro atoms. The number of nitrogens with one attached hydrogen (secondary N) is 2. The average Bonchev–Trinajstić information content (AvgIpc) is 3.23. The molecule has 1 heterocycles. The monoisotopic (exact) mass is 462 g/mol.